The Hall–Kier alpha value is -2.88. The second-order valence-corrected chi connectivity index (χ2v) is 7.10. The Bertz CT molecular complexity index is 944. The van der Waals surface area contributed by atoms with Crippen LogP contribution in [-0.2, 0) is 10.5 Å². The van der Waals surface area contributed by atoms with Gasteiger partial charge in [0.25, 0.3) is 5.91 Å². The lowest BCUT2D eigenvalue weighted by molar-refractivity contribution is -0.119. The van der Waals surface area contributed by atoms with Gasteiger partial charge >= 0.3 is 0 Å². The third-order valence-corrected chi connectivity index (χ3v) is 5.24. The first kappa shape index (κ1) is 20.8. The van der Waals surface area contributed by atoms with Gasteiger partial charge in [-0.2, -0.15) is 9.98 Å². The maximum atomic E-state index is 12.1. The third kappa shape index (κ3) is 4.42. The van der Waals surface area contributed by atoms with Crippen LogP contribution in [0.1, 0.15) is 26.2 Å². The van der Waals surface area contributed by atoms with E-state index in [4.69, 9.17) is 18.7 Å². The zero-order valence-corrected chi connectivity index (χ0v) is 17.7. The van der Waals surface area contributed by atoms with Gasteiger partial charge in [-0.25, -0.2) is 4.99 Å². The Morgan fingerprint density at radius 3 is 2.34 bits per heavy atom. The molecule has 1 aliphatic heterocycles. The zero-order valence-electron chi connectivity index (χ0n) is 16.9. The highest BCUT2D eigenvalue weighted by molar-refractivity contribution is 8.13. The average Bonchev–Trinajstić information content (AvgIpc) is 3.20. The second-order valence-electron chi connectivity index (χ2n) is 6.16. The Labute approximate surface area is 172 Å². The smallest absolute Gasteiger partial charge is 0.256 e. The summed E-state index contributed by atoms with van der Waals surface area (Å²) >= 11 is 1.28. The molecule has 0 saturated carbocycles. The van der Waals surface area contributed by atoms with E-state index in [-0.39, 0.29) is 11.8 Å². The molecule has 1 amide bonds. The average molecular weight is 418 g/mol. The van der Waals surface area contributed by atoms with Crippen LogP contribution < -0.4 is 14.2 Å². The number of amidine groups is 1. The summed E-state index contributed by atoms with van der Waals surface area (Å²) in [6.45, 7) is 3.79. The van der Waals surface area contributed by atoms with Crippen molar-refractivity contribution < 1.29 is 23.5 Å². The molecule has 1 aromatic heterocycles. The summed E-state index contributed by atoms with van der Waals surface area (Å²) in [5, 5.41) is 4.42. The van der Waals surface area contributed by atoms with Crippen molar-refractivity contribution in [1.29, 1.82) is 0 Å². The van der Waals surface area contributed by atoms with Gasteiger partial charge < -0.3 is 18.7 Å². The van der Waals surface area contributed by atoms with Gasteiger partial charge in [0.1, 0.15) is 0 Å². The van der Waals surface area contributed by atoms with E-state index in [1.165, 1.54) is 33.1 Å². The molecule has 0 fully saturated rings. The van der Waals surface area contributed by atoms with Crippen molar-refractivity contribution in [3.05, 3.63) is 18.0 Å². The molecule has 0 bridgehead atoms. The van der Waals surface area contributed by atoms with E-state index in [0.717, 1.165) is 5.71 Å². The van der Waals surface area contributed by atoms with Gasteiger partial charge in [-0.1, -0.05) is 23.8 Å². The maximum absolute atomic E-state index is 12.1. The summed E-state index contributed by atoms with van der Waals surface area (Å²) in [6.07, 6.45) is 0.692. The standard InChI is InChI=1S/C19H22N4O5S/c1-6-12-10(2)20-19(22-18(12)24)29-9-15-21-17(23-28-15)11-7-13(25-3)16(27-5)14(8-11)26-4/h7-8,12H,6,9H2,1-5H3. The van der Waals surface area contributed by atoms with Crippen molar-refractivity contribution >= 4 is 28.5 Å². The molecule has 1 atom stereocenters. The van der Waals surface area contributed by atoms with Crippen molar-refractivity contribution in [2.75, 3.05) is 21.3 Å². The molecule has 2 heterocycles. The first-order chi connectivity index (χ1) is 14.0. The summed E-state index contributed by atoms with van der Waals surface area (Å²) in [5.41, 5.74) is 1.43. The van der Waals surface area contributed by atoms with Crippen LogP contribution in [0.5, 0.6) is 17.2 Å². The molecule has 0 saturated heterocycles. The molecule has 3 rings (SSSR count). The number of methoxy groups -OCH3 is 3. The Morgan fingerprint density at radius 2 is 1.79 bits per heavy atom. The number of thioether (sulfide) groups is 1. The Morgan fingerprint density at radius 1 is 1.10 bits per heavy atom. The number of aromatic nitrogens is 2. The lowest BCUT2D eigenvalue weighted by atomic mass is 10.0. The molecule has 0 aliphatic carbocycles. The van der Waals surface area contributed by atoms with E-state index >= 15 is 0 Å². The second kappa shape index (κ2) is 9.08. The monoisotopic (exact) mass is 418 g/mol. The highest BCUT2D eigenvalue weighted by Crippen LogP contribution is 2.40. The van der Waals surface area contributed by atoms with E-state index in [1.807, 2.05) is 13.8 Å². The van der Waals surface area contributed by atoms with Crippen LogP contribution in [0, 0.1) is 5.92 Å². The summed E-state index contributed by atoms with van der Waals surface area (Å²) < 4.78 is 21.4. The zero-order chi connectivity index (χ0) is 21.0. The van der Waals surface area contributed by atoms with E-state index in [9.17, 15) is 4.79 Å². The third-order valence-electron chi connectivity index (χ3n) is 4.40. The SMILES string of the molecule is CCC1C(=O)N=C(SCc2nc(-c3cc(OC)c(OC)c(OC)c3)no2)N=C1C. The quantitative estimate of drug-likeness (QED) is 0.673. The van der Waals surface area contributed by atoms with Gasteiger partial charge in [0.05, 0.1) is 33.0 Å². The van der Waals surface area contributed by atoms with Crippen LogP contribution in [0.4, 0.5) is 0 Å². The number of ether oxygens (including phenoxy) is 3. The van der Waals surface area contributed by atoms with Gasteiger partial charge in [0.2, 0.25) is 17.5 Å². The van der Waals surface area contributed by atoms with Gasteiger partial charge in [-0.3, -0.25) is 4.79 Å². The van der Waals surface area contributed by atoms with Gasteiger partial charge in [-0.15, -0.1) is 0 Å². The van der Waals surface area contributed by atoms with Crippen LogP contribution in [0.15, 0.2) is 26.6 Å². The highest BCUT2D eigenvalue weighted by Gasteiger charge is 2.25. The summed E-state index contributed by atoms with van der Waals surface area (Å²) in [5.74, 6) is 2.20. The molecule has 9 nitrogen and oxygen atoms in total. The van der Waals surface area contributed by atoms with E-state index < -0.39 is 0 Å². The van der Waals surface area contributed by atoms with Gasteiger partial charge in [0.15, 0.2) is 16.7 Å². The van der Waals surface area contributed by atoms with Gasteiger partial charge in [0, 0.05) is 11.3 Å². The minimum absolute atomic E-state index is 0.161. The van der Waals surface area contributed by atoms with E-state index in [1.54, 1.807) is 12.1 Å². The number of aliphatic imine (C=N–C) groups is 2. The molecule has 0 radical (unpaired) electrons. The lowest BCUT2D eigenvalue weighted by Gasteiger charge is -2.15. The first-order valence-corrected chi connectivity index (χ1v) is 9.92. The molecule has 29 heavy (non-hydrogen) atoms. The highest BCUT2D eigenvalue weighted by atomic mass is 32.2. The minimum atomic E-state index is -0.227. The molecule has 1 aliphatic rings. The van der Waals surface area contributed by atoms with Crippen molar-refractivity contribution in [3.63, 3.8) is 0 Å². The number of nitrogens with zero attached hydrogens (tertiary/aromatic N) is 4. The molecular weight excluding hydrogens is 396 g/mol. The topological polar surface area (TPSA) is 108 Å². The van der Waals surface area contributed by atoms with Gasteiger partial charge in [-0.05, 0) is 25.5 Å². The molecule has 2 aromatic rings. The molecule has 0 N–H and O–H groups in total. The Balaban J connectivity index is 1.76. The summed E-state index contributed by atoms with van der Waals surface area (Å²) in [7, 11) is 4.61. The van der Waals surface area contributed by atoms with Crippen LogP contribution in [-0.4, -0.2) is 48.3 Å². The van der Waals surface area contributed by atoms with Crippen molar-refractivity contribution in [3.8, 4) is 28.6 Å². The van der Waals surface area contributed by atoms with Crippen LogP contribution in [0.3, 0.4) is 0 Å². The molecule has 154 valence electrons. The molecule has 1 aromatic carbocycles. The number of rotatable bonds is 7. The van der Waals surface area contributed by atoms with Crippen LogP contribution in [0.25, 0.3) is 11.4 Å². The van der Waals surface area contributed by atoms with Crippen molar-refractivity contribution in [2.45, 2.75) is 26.0 Å². The number of carbonyl (C=O) groups is 1. The number of hydrogen-bond donors (Lipinski definition) is 0. The van der Waals surface area contributed by atoms with Crippen molar-refractivity contribution in [1.82, 2.24) is 10.1 Å². The molecule has 10 heteroatoms. The largest absolute Gasteiger partial charge is 0.493 e. The summed E-state index contributed by atoms with van der Waals surface area (Å²) in [4.78, 5) is 24.9. The predicted molar refractivity (Wildman–Crippen MR) is 110 cm³/mol. The maximum Gasteiger partial charge on any atom is 0.256 e. The summed E-state index contributed by atoms with van der Waals surface area (Å²) in [6, 6.07) is 3.48. The normalized spacial score (nSPS) is 16.3. The lowest BCUT2D eigenvalue weighted by Crippen LogP contribution is -2.25. The molecular formula is C19H22N4O5S. The predicted octanol–water partition coefficient (Wildman–Crippen LogP) is 3.38. The number of carbonyl (C=O) groups excluding carboxylic acids is 1. The van der Waals surface area contributed by atoms with E-state index in [0.29, 0.717) is 51.9 Å². The minimum Gasteiger partial charge on any atom is -0.493 e. The van der Waals surface area contributed by atoms with Crippen molar-refractivity contribution in [2.24, 2.45) is 15.9 Å². The fourth-order valence-corrected chi connectivity index (χ4v) is 3.64. The molecule has 0 spiro atoms. The number of amides is 1. The first-order valence-electron chi connectivity index (χ1n) is 8.94. The number of benzene rings is 1. The Kier molecular flexibility index (Phi) is 6.53. The fraction of sp³-hybridized carbons (Fsp3) is 0.421. The van der Waals surface area contributed by atoms with Crippen LogP contribution in [0.2, 0.25) is 0 Å². The fourth-order valence-electron chi connectivity index (χ4n) is 2.91. The van der Waals surface area contributed by atoms with E-state index in [2.05, 4.69) is 20.1 Å². The van der Waals surface area contributed by atoms with Crippen LogP contribution >= 0.6 is 11.8 Å². The number of hydrogen-bond acceptors (Lipinski definition) is 9. The molecule has 1 unspecified atom stereocenters.